The lowest BCUT2D eigenvalue weighted by Crippen LogP contribution is -2.22. The van der Waals surface area contributed by atoms with Gasteiger partial charge in [-0.05, 0) is 24.9 Å². The van der Waals surface area contributed by atoms with Crippen LogP contribution in [0, 0.1) is 5.92 Å². The molecular weight excluding hydrogens is 234 g/mol. The highest BCUT2D eigenvalue weighted by molar-refractivity contribution is 5.17. The summed E-state index contributed by atoms with van der Waals surface area (Å²) in [5.74, 6) is 0.697. The molecule has 0 radical (unpaired) electrons. The van der Waals surface area contributed by atoms with Crippen LogP contribution in [0.4, 0.5) is 0 Å². The first-order valence-corrected chi connectivity index (χ1v) is 7.62. The average molecular weight is 263 g/mol. The van der Waals surface area contributed by atoms with E-state index in [-0.39, 0.29) is 6.10 Å². The predicted octanol–water partition coefficient (Wildman–Crippen LogP) is 4.18. The third-order valence-corrected chi connectivity index (χ3v) is 3.64. The molecule has 1 rings (SSSR count). The van der Waals surface area contributed by atoms with Crippen molar-refractivity contribution in [3.05, 3.63) is 35.9 Å². The molecule has 0 heterocycles. The molecule has 2 nitrogen and oxygen atoms in total. The minimum atomic E-state index is 0.168. The van der Waals surface area contributed by atoms with Gasteiger partial charge >= 0.3 is 0 Å². The van der Waals surface area contributed by atoms with E-state index in [2.05, 4.69) is 49.5 Å². The first kappa shape index (κ1) is 16.2. The summed E-state index contributed by atoms with van der Waals surface area (Å²) in [6.45, 7) is 6.26. The van der Waals surface area contributed by atoms with E-state index >= 15 is 0 Å². The molecule has 2 unspecified atom stereocenters. The smallest absolute Gasteiger partial charge is 0.0949 e. The summed E-state index contributed by atoms with van der Waals surface area (Å²) in [6.07, 6.45) is 5.25. The Morgan fingerprint density at radius 2 is 1.89 bits per heavy atom. The molecule has 0 saturated carbocycles. The van der Waals surface area contributed by atoms with Crippen LogP contribution in [-0.4, -0.2) is 20.2 Å². The quantitative estimate of drug-likeness (QED) is 0.683. The van der Waals surface area contributed by atoms with Gasteiger partial charge in [-0.1, -0.05) is 63.4 Å². The Kier molecular flexibility index (Phi) is 8.52. The van der Waals surface area contributed by atoms with E-state index in [1.54, 1.807) is 0 Å². The van der Waals surface area contributed by atoms with Gasteiger partial charge in [-0.25, -0.2) is 0 Å². The minimum Gasteiger partial charge on any atom is -0.372 e. The second kappa shape index (κ2) is 9.99. The summed E-state index contributed by atoms with van der Waals surface area (Å²) in [6, 6.07) is 10.5. The number of likely N-dealkylation sites (N-methyl/N-ethyl adjacent to an activating group) is 1. The number of hydrogen-bond donors (Lipinski definition) is 1. The van der Waals surface area contributed by atoms with E-state index in [0.29, 0.717) is 5.92 Å². The van der Waals surface area contributed by atoms with E-state index < -0.39 is 0 Å². The second-order valence-corrected chi connectivity index (χ2v) is 5.21. The van der Waals surface area contributed by atoms with Crippen molar-refractivity contribution in [2.24, 2.45) is 5.92 Å². The van der Waals surface area contributed by atoms with Gasteiger partial charge in [0.25, 0.3) is 0 Å². The van der Waals surface area contributed by atoms with Crippen molar-refractivity contribution in [3.63, 3.8) is 0 Å². The summed E-state index contributed by atoms with van der Waals surface area (Å²) in [5, 5.41) is 3.23. The summed E-state index contributed by atoms with van der Waals surface area (Å²) in [7, 11) is 1.98. The van der Waals surface area contributed by atoms with Crippen molar-refractivity contribution in [3.8, 4) is 0 Å². The highest BCUT2D eigenvalue weighted by Crippen LogP contribution is 2.20. The molecular formula is C17H29NO. The van der Waals surface area contributed by atoms with Crippen molar-refractivity contribution >= 4 is 0 Å². The highest BCUT2D eigenvalue weighted by atomic mass is 16.5. The predicted molar refractivity (Wildman–Crippen MR) is 82.4 cm³/mol. The molecule has 0 aliphatic carbocycles. The summed E-state index contributed by atoms with van der Waals surface area (Å²) in [4.78, 5) is 0. The molecule has 1 N–H and O–H groups in total. The minimum absolute atomic E-state index is 0.168. The molecule has 2 atom stereocenters. The summed E-state index contributed by atoms with van der Waals surface area (Å²) in [5.41, 5.74) is 1.27. The first-order chi connectivity index (χ1) is 9.31. The summed E-state index contributed by atoms with van der Waals surface area (Å²) >= 11 is 0. The maximum absolute atomic E-state index is 6.16. The van der Waals surface area contributed by atoms with Crippen molar-refractivity contribution in [2.75, 3.05) is 20.2 Å². The molecule has 0 saturated heterocycles. The maximum Gasteiger partial charge on any atom is 0.0949 e. The van der Waals surface area contributed by atoms with Gasteiger partial charge < -0.3 is 10.1 Å². The second-order valence-electron chi connectivity index (χ2n) is 5.21. The first-order valence-electron chi connectivity index (χ1n) is 7.62. The molecule has 2 heteroatoms. The van der Waals surface area contributed by atoms with E-state index in [1.807, 2.05) is 7.05 Å². The third-order valence-electron chi connectivity index (χ3n) is 3.64. The zero-order valence-corrected chi connectivity index (χ0v) is 12.7. The molecule has 1 aromatic rings. The van der Waals surface area contributed by atoms with Crippen LogP contribution in [0.2, 0.25) is 0 Å². The molecule has 0 aromatic heterocycles. The Morgan fingerprint density at radius 1 is 1.16 bits per heavy atom. The van der Waals surface area contributed by atoms with Crippen molar-refractivity contribution in [1.82, 2.24) is 5.32 Å². The Morgan fingerprint density at radius 3 is 2.47 bits per heavy atom. The molecule has 0 fully saturated rings. The molecule has 0 amide bonds. The van der Waals surface area contributed by atoms with Crippen LogP contribution >= 0.6 is 0 Å². The third kappa shape index (κ3) is 6.22. The van der Waals surface area contributed by atoms with E-state index in [4.69, 9.17) is 4.74 Å². The Balaban J connectivity index is 2.49. The van der Waals surface area contributed by atoms with Crippen molar-refractivity contribution in [1.29, 1.82) is 0 Å². The number of unbranched alkanes of at least 4 members (excludes halogenated alkanes) is 1. The highest BCUT2D eigenvalue weighted by Gasteiger charge is 2.13. The topological polar surface area (TPSA) is 21.3 Å². The lowest BCUT2D eigenvalue weighted by molar-refractivity contribution is 0.0260. The van der Waals surface area contributed by atoms with Gasteiger partial charge in [0.1, 0.15) is 0 Å². The lowest BCUT2D eigenvalue weighted by Gasteiger charge is -2.22. The molecule has 0 aliphatic rings. The fourth-order valence-corrected chi connectivity index (χ4v) is 2.28. The van der Waals surface area contributed by atoms with Crippen LogP contribution in [0.1, 0.15) is 51.2 Å². The van der Waals surface area contributed by atoms with Crippen LogP contribution in [0.15, 0.2) is 30.3 Å². The Hall–Kier alpha value is -0.860. The monoisotopic (exact) mass is 263 g/mol. The molecule has 0 spiro atoms. The van der Waals surface area contributed by atoms with Crippen LogP contribution in [-0.2, 0) is 4.74 Å². The molecule has 1 aromatic carbocycles. The number of hydrogen-bond acceptors (Lipinski definition) is 2. The summed E-state index contributed by atoms with van der Waals surface area (Å²) < 4.78 is 6.16. The standard InChI is InChI=1S/C17H29NO/c1-4-6-10-15(5-2)14-19-17(13-18-3)16-11-8-7-9-12-16/h7-9,11-12,15,17-18H,4-6,10,13-14H2,1-3H3. The van der Waals surface area contributed by atoms with Crippen LogP contribution < -0.4 is 5.32 Å². The average Bonchev–Trinajstić information content (AvgIpc) is 2.47. The zero-order chi connectivity index (χ0) is 13.9. The number of ether oxygens (including phenoxy) is 1. The molecule has 0 aliphatic heterocycles. The SMILES string of the molecule is CCCCC(CC)COC(CNC)c1ccccc1. The number of rotatable bonds is 10. The van der Waals surface area contributed by atoms with Crippen molar-refractivity contribution in [2.45, 2.75) is 45.6 Å². The van der Waals surface area contributed by atoms with E-state index in [9.17, 15) is 0 Å². The van der Waals surface area contributed by atoms with Gasteiger partial charge in [-0.15, -0.1) is 0 Å². The van der Waals surface area contributed by atoms with Gasteiger partial charge in [0.15, 0.2) is 0 Å². The van der Waals surface area contributed by atoms with Crippen molar-refractivity contribution < 1.29 is 4.74 Å². The largest absolute Gasteiger partial charge is 0.372 e. The molecule has 0 bridgehead atoms. The van der Waals surface area contributed by atoms with E-state index in [1.165, 1.54) is 31.2 Å². The van der Waals surface area contributed by atoms with Crippen LogP contribution in [0.5, 0.6) is 0 Å². The lowest BCUT2D eigenvalue weighted by atomic mass is 10.0. The normalized spacial score (nSPS) is 14.3. The van der Waals surface area contributed by atoms with Gasteiger partial charge in [-0.2, -0.15) is 0 Å². The van der Waals surface area contributed by atoms with Gasteiger partial charge in [0.2, 0.25) is 0 Å². The number of benzene rings is 1. The maximum atomic E-state index is 6.16. The van der Waals surface area contributed by atoms with Crippen LogP contribution in [0.3, 0.4) is 0 Å². The van der Waals surface area contributed by atoms with Gasteiger partial charge in [-0.3, -0.25) is 0 Å². The van der Waals surface area contributed by atoms with E-state index in [0.717, 1.165) is 13.2 Å². The van der Waals surface area contributed by atoms with Gasteiger partial charge in [0.05, 0.1) is 12.7 Å². The molecule has 19 heavy (non-hydrogen) atoms. The van der Waals surface area contributed by atoms with Gasteiger partial charge in [0, 0.05) is 6.54 Å². The fraction of sp³-hybridized carbons (Fsp3) is 0.647. The molecule has 108 valence electrons. The Bertz CT molecular complexity index is 312. The zero-order valence-electron chi connectivity index (χ0n) is 12.7. The number of nitrogens with one attached hydrogen (secondary N) is 1. The Labute approximate surface area is 118 Å². The van der Waals surface area contributed by atoms with Crippen LogP contribution in [0.25, 0.3) is 0 Å². The fourth-order valence-electron chi connectivity index (χ4n) is 2.28.